The first kappa shape index (κ1) is 17.8. The number of amides is 1. The van der Waals surface area contributed by atoms with E-state index >= 15 is 0 Å². The lowest BCUT2D eigenvalue weighted by Crippen LogP contribution is -2.15. The number of carbonyl (C=O) groups is 2. The number of carboxylic acids is 1. The number of aromatic carboxylic acids is 1. The van der Waals surface area contributed by atoms with E-state index in [0.29, 0.717) is 15.6 Å². The molecular formula is C17H19Cl2NO3. The van der Waals surface area contributed by atoms with Gasteiger partial charge in [-0.1, -0.05) is 42.5 Å². The summed E-state index contributed by atoms with van der Waals surface area (Å²) in [6.07, 6.45) is 6.79. The molecule has 0 aromatic heterocycles. The van der Waals surface area contributed by atoms with Crippen molar-refractivity contribution in [3.8, 4) is 0 Å². The third kappa shape index (κ3) is 4.72. The Kier molecular flexibility index (Phi) is 6.08. The Morgan fingerprint density at radius 3 is 2.52 bits per heavy atom. The summed E-state index contributed by atoms with van der Waals surface area (Å²) < 4.78 is 0. The predicted molar refractivity (Wildman–Crippen MR) is 92.3 cm³/mol. The van der Waals surface area contributed by atoms with Crippen LogP contribution < -0.4 is 5.32 Å². The van der Waals surface area contributed by atoms with Crippen molar-refractivity contribution < 1.29 is 14.7 Å². The zero-order valence-corrected chi connectivity index (χ0v) is 14.4. The lowest BCUT2D eigenvalue weighted by Gasteiger charge is -2.20. The molecule has 1 aliphatic carbocycles. The van der Waals surface area contributed by atoms with Crippen molar-refractivity contribution in [3.05, 3.63) is 39.4 Å². The molecule has 1 aromatic carbocycles. The molecule has 1 aliphatic rings. The van der Waals surface area contributed by atoms with Crippen molar-refractivity contribution in [2.75, 3.05) is 5.32 Å². The van der Waals surface area contributed by atoms with Crippen LogP contribution in [-0.2, 0) is 4.79 Å². The summed E-state index contributed by atoms with van der Waals surface area (Å²) in [5.74, 6) is -1.34. The van der Waals surface area contributed by atoms with E-state index in [1.807, 2.05) is 0 Å². The first-order valence-electron chi connectivity index (χ1n) is 7.60. The van der Waals surface area contributed by atoms with Crippen molar-refractivity contribution in [2.24, 2.45) is 5.92 Å². The third-order valence-corrected chi connectivity index (χ3v) is 4.68. The van der Waals surface area contributed by atoms with Crippen molar-refractivity contribution in [1.82, 2.24) is 0 Å². The minimum Gasteiger partial charge on any atom is -0.478 e. The number of allylic oxidation sites excluding steroid dienone is 1. The van der Waals surface area contributed by atoms with Crippen LogP contribution in [0, 0.1) is 12.8 Å². The molecule has 124 valence electrons. The summed E-state index contributed by atoms with van der Waals surface area (Å²) in [7, 11) is 0. The largest absolute Gasteiger partial charge is 0.478 e. The Balaban J connectivity index is 2.18. The van der Waals surface area contributed by atoms with Gasteiger partial charge in [-0.15, -0.1) is 0 Å². The van der Waals surface area contributed by atoms with Gasteiger partial charge in [-0.2, -0.15) is 0 Å². The molecule has 1 amide bonds. The molecule has 4 nitrogen and oxygen atoms in total. The summed E-state index contributed by atoms with van der Waals surface area (Å²) in [5.41, 5.74) is 0.798. The molecule has 0 bridgehead atoms. The first-order chi connectivity index (χ1) is 10.9. The number of aryl methyl sites for hydroxylation is 1. The zero-order chi connectivity index (χ0) is 17.0. The van der Waals surface area contributed by atoms with E-state index in [4.69, 9.17) is 23.2 Å². The van der Waals surface area contributed by atoms with Crippen LogP contribution in [0.1, 0.15) is 48.0 Å². The highest BCUT2D eigenvalue weighted by Gasteiger charge is 2.19. The molecule has 6 heteroatoms. The quantitative estimate of drug-likeness (QED) is 0.747. The molecular weight excluding hydrogens is 337 g/mol. The van der Waals surface area contributed by atoms with E-state index in [9.17, 15) is 14.7 Å². The smallest absolute Gasteiger partial charge is 0.337 e. The molecule has 1 aromatic rings. The Hall–Kier alpha value is -1.52. The zero-order valence-electron chi connectivity index (χ0n) is 12.9. The average Bonchev–Trinajstić information content (AvgIpc) is 2.50. The maximum atomic E-state index is 12.2. The highest BCUT2D eigenvalue weighted by molar-refractivity contribution is 6.32. The molecule has 0 saturated heterocycles. The van der Waals surface area contributed by atoms with Gasteiger partial charge >= 0.3 is 5.97 Å². The molecule has 0 unspecified atom stereocenters. The third-order valence-electron chi connectivity index (χ3n) is 4.04. The van der Waals surface area contributed by atoms with Crippen LogP contribution in [0.25, 0.3) is 0 Å². The molecule has 2 N–H and O–H groups in total. The Labute approximate surface area is 145 Å². The molecule has 23 heavy (non-hydrogen) atoms. The van der Waals surface area contributed by atoms with Crippen LogP contribution in [0.4, 0.5) is 5.69 Å². The molecule has 0 atom stereocenters. The monoisotopic (exact) mass is 355 g/mol. The van der Waals surface area contributed by atoms with Crippen LogP contribution in [0.2, 0.25) is 5.02 Å². The SMILES string of the molecule is Cc1cc(Cl)cc(C(=O)O)c1NC(=O)/C=C(\Cl)C1CCCCC1. The lowest BCUT2D eigenvalue weighted by atomic mass is 9.89. The minimum absolute atomic E-state index is 0.0365. The van der Waals surface area contributed by atoms with Crippen LogP contribution >= 0.6 is 23.2 Å². The van der Waals surface area contributed by atoms with Crippen LogP contribution in [0.3, 0.4) is 0 Å². The highest BCUT2D eigenvalue weighted by Crippen LogP contribution is 2.32. The number of carbonyl (C=O) groups excluding carboxylic acids is 1. The van der Waals surface area contributed by atoms with Gasteiger partial charge in [0.25, 0.3) is 0 Å². The fourth-order valence-corrected chi connectivity index (χ4v) is 3.45. The predicted octanol–water partition coefficient (Wildman–Crippen LogP) is 4.99. The topological polar surface area (TPSA) is 66.4 Å². The number of halogens is 2. The summed E-state index contributed by atoms with van der Waals surface area (Å²) in [4.78, 5) is 23.5. The van der Waals surface area contributed by atoms with E-state index < -0.39 is 11.9 Å². The number of nitrogens with one attached hydrogen (secondary N) is 1. The van der Waals surface area contributed by atoms with E-state index in [2.05, 4.69) is 5.32 Å². The van der Waals surface area contributed by atoms with Crippen molar-refractivity contribution in [2.45, 2.75) is 39.0 Å². The van der Waals surface area contributed by atoms with E-state index in [1.165, 1.54) is 18.6 Å². The van der Waals surface area contributed by atoms with E-state index in [-0.39, 0.29) is 17.2 Å². The van der Waals surface area contributed by atoms with Gasteiger partial charge in [0.1, 0.15) is 0 Å². The van der Waals surface area contributed by atoms with Gasteiger partial charge in [-0.05, 0) is 43.4 Å². The lowest BCUT2D eigenvalue weighted by molar-refractivity contribution is -0.112. The number of benzene rings is 1. The Morgan fingerprint density at radius 2 is 1.91 bits per heavy atom. The van der Waals surface area contributed by atoms with Gasteiger partial charge in [-0.25, -0.2) is 4.79 Å². The fourth-order valence-electron chi connectivity index (χ4n) is 2.86. The van der Waals surface area contributed by atoms with Crippen molar-refractivity contribution in [3.63, 3.8) is 0 Å². The highest BCUT2D eigenvalue weighted by atomic mass is 35.5. The van der Waals surface area contributed by atoms with Gasteiger partial charge in [0, 0.05) is 16.1 Å². The molecule has 0 radical (unpaired) electrons. The Morgan fingerprint density at radius 1 is 1.26 bits per heavy atom. The van der Waals surface area contributed by atoms with Gasteiger partial charge in [0.05, 0.1) is 11.3 Å². The van der Waals surface area contributed by atoms with E-state index in [0.717, 1.165) is 25.7 Å². The minimum atomic E-state index is -1.15. The number of hydrogen-bond acceptors (Lipinski definition) is 2. The van der Waals surface area contributed by atoms with Crippen molar-refractivity contribution >= 4 is 40.8 Å². The molecule has 1 fully saturated rings. The van der Waals surface area contributed by atoms with Crippen LogP contribution in [-0.4, -0.2) is 17.0 Å². The summed E-state index contributed by atoms with van der Waals surface area (Å²) in [6, 6.07) is 2.93. The maximum Gasteiger partial charge on any atom is 0.337 e. The number of anilines is 1. The number of rotatable bonds is 4. The fraction of sp³-hybridized carbons (Fsp3) is 0.412. The summed E-state index contributed by atoms with van der Waals surface area (Å²) >= 11 is 12.1. The second-order valence-corrected chi connectivity index (χ2v) is 6.68. The van der Waals surface area contributed by atoms with Gasteiger partial charge < -0.3 is 10.4 Å². The normalized spacial score (nSPS) is 16.2. The second kappa shape index (κ2) is 7.84. The molecule has 1 saturated carbocycles. The summed E-state index contributed by atoms with van der Waals surface area (Å²) in [6.45, 7) is 1.69. The summed E-state index contributed by atoms with van der Waals surface area (Å²) in [5, 5.41) is 12.7. The average molecular weight is 356 g/mol. The standard InChI is InChI=1S/C17H19Cl2NO3/c1-10-7-12(18)8-13(17(22)23)16(10)20-15(21)9-14(19)11-5-3-2-4-6-11/h7-9,11H,2-6H2,1H3,(H,20,21)(H,22,23)/b14-9-. The second-order valence-electron chi connectivity index (χ2n) is 5.80. The van der Waals surface area contributed by atoms with Gasteiger partial charge in [0.2, 0.25) is 5.91 Å². The van der Waals surface area contributed by atoms with Gasteiger partial charge in [-0.3, -0.25) is 4.79 Å². The molecule has 0 heterocycles. The van der Waals surface area contributed by atoms with Crippen molar-refractivity contribution in [1.29, 1.82) is 0 Å². The maximum absolute atomic E-state index is 12.2. The molecule has 0 spiro atoms. The molecule has 2 rings (SSSR count). The van der Waals surface area contributed by atoms with Crippen LogP contribution in [0.15, 0.2) is 23.2 Å². The Bertz CT molecular complexity index is 649. The van der Waals surface area contributed by atoms with E-state index in [1.54, 1.807) is 13.0 Å². The number of carboxylic acid groups (broad SMARTS) is 1. The molecule has 0 aliphatic heterocycles. The van der Waals surface area contributed by atoms with Crippen LogP contribution in [0.5, 0.6) is 0 Å². The first-order valence-corrected chi connectivity index (χ1v) is 8.35. The number of hydrogen-bond donors (Lipinski definition) is 2. The van der Waals surface area contributed by atoms with Gasteiger partial charge in [0.15, 0.2) is 0 Å².